The molecule has 1 aromatic carbocycles. The highest BCUT2D eigenvalue weighted by atomic mass is 32.2. The van der Waals surface area contributed by atoms with E-state index in [1.807, 2.05) is 0 Å². The first-order valence-electron chi connectivity index (χ1n) is 4.57. The molecule has 0 unspecified atom stereocenters. The Morgan fingerprint density at radius 1 is 1.16 bits per heavy atom. The van der Waals surface area contributed by atoms with Gasteiger partial charge in [-0.1, -0.05) is 0 Å². The SMILES string of the molecule is O=C(O)CS(=O)(=O)Nc1cc(C(=O)O)c(F)cc1F. The summed E-state index contributed by atoms with van der Waals surface area (Å²) in [6, 6.07) is 0.606. The monoisotopic (exact) mass is 295 g/mol. The van der Waals surface area contributed by atoms with Crippen LogP contribution in [0.4, 0.5) is 14.5 Å². The third-order valence-electron chi connectivity index (χ3n) is 1.87. The number of benzene rings is 1. The fourth-order valence-corrected chi connectivity index (χ4v) is 2.05. The largest absolute Gasteiger partial charge is 0.480 e. The summed E-state index contributed by atoms with van der Waals surface area (Å²) in [4.78, 5) is 20.8. The second-order valence-corrected chi connectivity index (χ2v) is 5.09. The minimum Gasteiger partial charge on any atom is -0.480 e. The number of rotatable bonds is 5. The lowest BCUT2D eigenvalue weighted by atomic mass is 10.2. The average Bonchev–Trinajstić information content (AvgIpc) is 2.19. The molecule has 1 rings (SSSR count). The molecular formula is C9H7F2NO6S. The Bertz CT molecular complexity index is 642. The van der Waals surface area contributed by atoms with Gasteiger partial charge in [-0.2, -0.15) is 0 Å². The van der Waals surface area contributed by atoms with Crippen LogP contribution in [0.2, 0.25) is 0 Å². The molecule has 0 radical (unpaired) electrons. The molecule has 0 saturated carbocycles. The minimum atomic E-state index is -4.42. The molecule has 0 amide bonds. The molecule has 0 fully saturated rings. The van der Waals surface area contributed by atoms with E-state index in [1.54, 1.807) is 0 Å². The maximum Gasteiger partial charge on any atom is 0.338 e. The lowest BCUT2D eigenvalue weighted by Crippen LogP contribution is -2.23. The van der Waals surface area contributed by atoms with E-state index in [0.29, 0.717) is 6.07 Å². The molecule has 3 N–H and O–H groups in total. The summed E-state index contributed by atoms with van der Waals surface area (Å²) < 4.78 is 50.3. The second-order valence-electron chi connectivity index (χ2n) is 3.37. The molecule has 0 heterocycles. The lowest BCUT2D eigenvalue weighted by molar-refractivity contribution is -0.134. The molecular weight excluding hydrogens is 288 g/mol. The van der Waals surface area contributed by atoms with Gasteiger partial charge in [0.2, 0.25) is 10.0 Å². The number of carboxylic acids is 2. The highest BCUT2D eigenvalue weighted by Gasteiger charge is 2.20. The number of aromatic carboxylic acids is 1. The molecule has 0 aliphatic heterocycles. The van der Waals surface area contributed by atoms with Crippen molar-refractivity contribution >= 4 is 27.6 Å². The Hall–Kier alpha value is -2.23. The molecule has 7 nitrogen and oxygen atoms in total. The molecule has 0 saturated heterocycles. The van der Waals surface area contributed by atoms with Crippen molar-refractivity contribution in [2.75, 3.05) is 10.5 Å². The first-order valence-corrected chi connectivity index (χ1v) is 6.22. The molecule has 0 bridgehead atoms. The molecule has 0 atom stereocenters. The number of carboxylic acid groups (broad SMARTS) is 2. The summed E-state index contributed by atoms with van der Waals surface area (Å²) in [6.45, 7) is 0. The number of halogens is 2. The third-order valence-corrected chi connectivity index (χ3v) is 3.02. The summed E-state index contributed by atoms with van der Waals surface area (Å²) >= 11 is 0. The second kappa shape index (κ2) is 5.18. The van der Waals surface area contributed by atoms with Crippen molar-refractivity contribution in [2.24, 2.45) is 0 Å². The van der Waals surface area contributed by atoms with Gasteiger partial charge in [0.15, 0.2) is 5.75 Å². The van der Waals surface area contributed by atoms with Crippen molar-refractivity contribution in [3.63, 3.8) is 0 Å². The average molecular weight is 295 g/mol. The number of nitrogens with one attached hydrogen (secondary N) is 1. The van der Waals surface area contributed by atoms with Crippen molar-refractivity contribution in [3.05, 3.63) is 29.3 Å². The molecule has 0 spiro atoms. The zero-order valence-corrected chi connectivity index (χ0v) is 9.87. The molecule has 104 valence electrons. The summed E-state index contributed by atoms with van der Waals surface area (Å²) in [7, 11) is -4.42. The summed E-state index contributed by atoms with van der Waals surface area (Å²) in [5, 5.41) is 16.9. The molecule has 0 aliphatic carbocycles. The Morgan fingerprint density at radius 3 is 2.21 bits per heavy atom. The molecule has 0 aliphatic rings. The highest BCUT2D eigenvalue weighted by molar-refractivity contribution is 7.93. The maximum absolute atomic E-state index is 13.3. The fraction of sp³-hybridized carbons (Fsp3) is 0.111. The van der Waals surface area contributed by atoms with E-state index in [0.717, 1.165) is 0 Å². The summed E-state index contributed by atoms with van der Waals surface area (Å²) in [6.07, 6.45) is 0. The number of hydrogen-bond donors (Lipinski definition) is 3. The quantitative estimate of drug-likeness (QED) is 0.727. The van der Waals surface area contributed by atoms with E-state index < -0.39 is 50.6 Å². The third kappa shape index (κ3) is 3.88. The lowest BCUT2D eigenvalue weighted by Gasteiger charge is -2.08. The van der Waals surface area contributed by atoms with Crippen LogP contribution in [0.5, 0.6) is 0 Å². The van der Waals surface area contributed by atoms with Gasteiger partial charge in [0.05, 0.1) is 11.3 Å². The van der Waals surface area contributed by atoms with Crippen molar-refractivity contribution in [2.45, 2.75) is 0 Å². The van der Waals surface area contributed by atoms with Gasteiger partial charge in [0.25, 0.3) is 0 Å². The van der Waals surface area contributed by atoms with Gasteiger partial charge in [0.1, 0.15) is 11.6 Å². The number of carbonyl (C=O) groups is 2. The Morgan fingerprint density at radius 2 is 1.74 bits per heavy atom. The van der Waals surface area contributed by atoms with Crippen molar-refractivity contribution in [1.29, 1.82) is 0 Å². The van der Waals surface area contributed by atoms with Gasteiger partial charge >= 0.3 is 11.9 Å². The predicted octanol–water partition coefficient (Wildman–Crippen LogP) is 0.489. The predicted molar refractivity (Wildman–Crippen MR) is 58.4 cm³/mol. The van der Waals surface area contributed by atoms with E-state index in [2.05, 4.69) is 0 Å². The summed E-state index contributed by atoms with van der Waals surface area (Å²) in [5.74, 6) is -7.50. The number of anilines is 1. The van der Waals surface area contributed by atoms with Gasteiger partial charge in [0, 0.05) is 6.07 Å². The topological polar surface area (TPSA) is 121 Å². The van der Waals surface area contributed by atoms with Gasteiger partial charge in [-0.15, -0.1) is 0 Å². The first-order chi connectivity index (χ1) is 8.62. The van der Waals surface area contributed by atoms with Crippen LogP contribution in [0.25, 0.3) is 0 Å². The van der Waals surface area contributed by atoms with Crippen LogP contribution in [-0.2, 0) is 14.8 Å². The standard InChI is InChI=1S/C9H7F2NO6S/c10-5-2-6(11)7(1-4(5)9(15)16)12-19(17,18)3-8(13)14/h1-2,12H,3H2,(H,13,14)(H,15,16). The molecule has 0 aromatic heterocycles. The molecule has 19 heavy (non-hydrogen) atoms. The van der Waals surface area contributed by atoms with E-state index in [-0.39, 0.29) is 6.07 Å². The van der Waals surface area contributed by atoms with Gasteiger partial charge in [-0.3, -0.25) is 9.52 Å². The van der Waals surface area contributed by atoms with Crippen LogP contribution >= 0.6 is 0 Å². The number of sulfonamides is 1. The maximum atomic E-state index is 13.3. The molecule has 10 heteroatoms. The van der Waals surface area contributed by atoms with Crippen LogP contribution in [0.3, 0.4) is 0 Å². The highest BCUT2D eigenvalue weighted by Crippen LogP contribution is 2.20. The normalized spacial score (nSPS) is 11.1. The van der Waals surface area contributed by atoms with Crippen LogP contribution in [0, 0.1) is 11.6 Å². The van der Waals surface area contributed by atoms with Crippen LogP contribution in [0.15, 0.2) is 12.1 Å². The Balaban J connectivity index is 3.18. The van der Waals surface area contributed by atoms with Crippen LogP contribution in [0.1, 0.15) is 10.4 Å². The Kier molecular flexibility index (Phi) is 4.04. The van der Waals surface area contributed by atoms with Gasteiger partial charge < -0.3 is 10.2 Å². The van der Waals surface area contributed by atoms with E-state index in [9.17, 15) is 26.8 Å². The first kappa shape index (κ1) is 14.8. The zero-order valence-electron chi connectivity index (χ0n) is 9.05. The van der Waals surface area contributed by atoms with E-state index in [1.165, 1.54) is 4.72 Å². The van der Waals surface area contributed by atoms with Crippen molar-refractivity contribution < 1.29 is 37.0 Å². The van der Waals surface area contributed by atoms with Crippen molar-refractivity contribution in [1.82, 2.24) is 0 Å². The summed E-state index contributed by atoms with van der Waals surface area (Å²) in [5.41, 5.74) is -1.80. The Labute approximate surface area is 105 Å². The van der Waals surface area contributed by atoms with Gasteiger partial charge in [-0.25, -0.2) is 22.0 Å². The smallest absolute Gasteiger partial charge is 0.338 e. The van der Waals surface area contributed by atoms with E-state index in [4.69, 9.17) is 10.2 Å². The fourth-order valence-electron chi connectivity index (χ4n) is 1.16. The molecule has 1 aromatic rings. The van der Waals surface area contributed by atoms with Gasteiger partial charge in [-0.05, 0) is 6.07 Å². The van der Waals surface area contributed by atoms with Crippen LogP contribution < -0.4 is 4.72 Å². The van der Waals surface area contributed by atoms with Crippen LogP contribution in [-0.4, -0.2) is 36.3 Å². The van der Waals surface area contributed by atoms with E-state index >= 15 is 0 Å². The number of aliphatic carboxylic acids is 1. The van der Waals surface area contributed by atoms with Crippen molar-refractivity contribution in [3.8, 4) is 0 Å². The number of hydrogen-bond acceptors (Lipinski definition) is 4. The zero-order chi connectivity index (χ0) is 14.8. The minimum absolute atomic E-state index is 0.183.